The van der Waals surface area contributed by atoms with E-state index >= 15 is 0 Å². The molecule has 0 aliphatic carbocycles. The molecule has 2 aromatic carbocycles. The Hall–Kier alpha value is -3.81. The largest absolute Gasteiger partial charge is 0.459 e. The first-order valence-corrected chi connectivity index (χ1v) is 13.9. The molecule has 2 amide bonds. The molecular formula is C30H23F5IN3O3. The zero-order chi connectivity index (χ0) is 30.1. The molecule has 12 heteroatoms. The van der Waals surface area contributed by atoms with Crippen molar-refractivity contribution in [3.05, 3.63) is 93.0 Å². The summed E-state index contributed by atoms with van der Waals surface area (Å²) in [5, 5.41) is 2.79. The van der Waals surface area contributed by atoms with Crippen LogP contribution in [-0.2, 0) is 17.5 Å². The van der Waals surface area contributed by atoms with Gasteiger partial charge in [-0.25, -0.2) is 8.78 Å². The number of piperidine rings is 1. The van der Waals surface area contributed by atoms with Crippen molar-refractivity contribution in [2.75, 3.05) is 13.1 Å². The van der Waals surface area contributed by atoms with Crippen molar-refractivity contribution in [2.24, 2.45) is 0 Å². The number of likely N-dealkylation sites (tertiary alicyclic amines) is 1. The van der Waals surface area contributed by atoms with E-state index < -0.39 is 42.3 Å². The number of furan rings is 1. The van der Waals surface area contributed by atoms with Crippen LogP contribution in [0.5, 0.6) is 0 Å². The molecule has 5 rings (SSSR count). The van der Waals surface area contributed by atoms with Gasteiger partial charge in [0.15, 0.2) is 0 Å². The summed E-state index contributed by atoms with van der Waals surface area (Å²) in [6, 6.07) is 12.0. The third-order valence-corrected chi connectivity index (χ3v) is 7.72. The third-order valence-electron chi connectivity index (χ3n) is 6.83. The molecule has 2 aromatic heterocycles. The monoisotopic (exact) mass is 695 g/mol. The van der Waals surface area contributed by atoms with Crippen LogP contribution >= 0.6 is 22.6 Å². The maximum atomic E-state index is 14.1. The van der Waals surface area contributed by atoms with Gasteiger partial charge in [0.05, 0.1) is 12.1 Å². The van der Waals surface area contributed by atoms with E-state index in [4.69, 9.17) is 4.42 Å². The van der Waals surface area contributed by atoms with Crippen molar-refractivity contribution in [2.45, 2.75) is 31.5 Å². The summed E-state index contributed by atoms with van der Waals surface area (Å²) < 4.78 is 75.3. The molecule has 42 heavy (non-hydrogen) atoms. The molecule has 0 spiro atoms. The lowest BCUT2D eigenvalue weighted by Gasteiger charge is -2.31. The fourth-order valence-corrected chi connectivity index (χ4v) is 5.47. The van der Waals surface area contributed by atoms with Crippen LogP contribution in [0.1, 0.15) is 40.1 Å². The van der Waals surface area contributed by atoms with E-state index in [2.05, 4.69) is 10.3 Å². The van der Waals surface area contributed by atoms with Gasteiger partial charge in [-0.1, -0.05) is 12.1 Å². The quantitative estimate of drug-likeness (QED) is 0.130. The molecule has 0 bridgehead atoms. The van der Waals surface area contributed by atoms with Crippen LogP contribution in [0.25, 0.3) is 28.2 Å². The molecule has 1 N–H and O–H groups in total. The van der Waals surface area contributed by atoms with E-state index in [9.17, 15) is 31.5 Å². The minimum absolute atomic E-state index is 0.0696. The van der Waals surface area contributed by atoms with Crippen molar-refractivity contribution < 1.29 is 36.0 Å². The third kappa shape index (κ3) is 6.80. The maximum absolute atomic E-state index is 14.1. The summed E-state index contributed by atoms with van der Waals surface area (Å²) in [5.74, 6) is -3.52. The van der Waals surface area contributed by atoms with Crippen LogP contribution in [0.4, 0.5) is 22.0 Å². The molecule has 3 heterocycles. The Morgan fingerprint density at radius 3 is 2.52 bits per heavy atom. The van der Waals surface area contributed by atoms with Crippen LogP contribution in [0.3, 0.4) is 0 Å². The second-order valence-electron chi connectivity index (χ2n) is 9.83. The number of hydrogen-bond donors (Lipinski definition) is 1. The van der Waals surface area contributed by atoms with E-state index in [0.29, 0.717) is 14.7 Å². The number of carbonyl (C=O) groups excluding carboxylic acids is 2. The summed E-state index contributed by atoms with van der Waals surface area (Å²) in [5.41, 5.74) is 0.360. The number of rotatable bonds is 6. The summed E-state index contributed by atoms with van der Waals surface area (Å²) in [7, 11) is 0. The molecule has 0 unspecified atom stereocenters. The number of hydrogen-bond acceptors (Lipinski definition) is 4. The van der Waals surface area contributed by atoms with E-state index in [0.717, 1.165) is 6.07 Å². The molecule has 0 saturated carbocycles. The van der Waals surface area contributed by atoms with Crippen molar-refractivity contribution in [1.29, 1.82) is 0 Å². The Morgan fingerprint density at radius 2 is 1.86 bits per heavy atom. The number of nitrogens with zero attached hydrogens (tertiary/aromatic N) is 2. The Balaban J connectivity index is 1.38. The Morgan fingerprint density at radius 1 is 1.10 bits per heavy atom. The highest BCUT2D eigenvalue weighted by Crippen LogP contribution is 2.40. The highest BCUT2D eigenvalue weighted by atomic mass is 127. The minimum atomic E-state index is -4.73. The fourth-order valence-electron chi connectivity index (χ4n) is 4.64. The van der Waals surface area contributed by atoms with Gasteiger partial charge < -0.3 is 14.6 Å². The molecular weight excluding hydrogens is 672 g/mol. The molecule has 1 saturated heterocycles. The predicted octanol–water partition coefficient (Wildman–Crippen LogP) is 7.32. The molecule has 218 valence electrons. The van der Waals surface area contributed by atoms with Crippen LogP contribution in [0.2, 0.25) is 0 Å². The number of halogens is 6. The average Bonchev–Trinajstić information content (AvgIpc) is 3.37. The zero-order valence-electron chi connectivity index (χ0n) is 21.9. The van der Waals surface area contributed by atoms with Gasteiger partial charge >= 0.3 is 6.18 Å². The minimum Gasteiger partial charge on any atom is -0.459 e. The standard InChI is InChI=1S/C30H23F5IN3O3/c31-29(32)7-10-39(11-8-29)28(41)19-4-5-23(25(36)15-19)20-12-21-13-22(42-27(21)24(14-20)30(33,34)35)17-38-26(40)6-3-18-2-1-9-37-16-18/h1-6,9,12-16H,7-8,10-11,17H2,(H,38,40)/b6-3+. The van der Waals surface area contributed by atoms with Gasteiger partial charge in [-0.2, -0.15) is 13.2 Å². The van der Waals surface area contributed by atoms with E-state index in [-0.39, 0.29) is 47.5 Å². The first-order valence-electron chi connectivity index (χ1n) is 12.9. The number of fused-ring (bicyclic) bond motifs is 1. The first-order chi connectivity index (χ1) is 19.9. The number of amides is 2. The van der Waals surface area contributed by atoms with Crippen molar-refractivity contribution >= 4 is 51.5 Å². The second-order valence-corrected chi connectivity index (χ2v) is 11.0. The molecule has 6 nitrogen and oxygen atoms in total. The highest BCUT2D eigenvalue weighted by Gasteiger charge is 2.37. The number of nitrogens with one attached hydrogen (secondary N) is 1. The summed E-state index contributed by atoms with van der Waals surface area (Å²) in [6.07, 6.45) is 0.469. The lowest BCUT2D eigenvalue weighted by atomic mass is 9.98. The highest BCUT2D eigenvalue weighted by molar-refractivity contribution is 14.1. The normalized spacial score (nSPS) is 15.3. The van der Waals surface area contributed by atoms with Gasteiger partial charge in [-0.15, -0.1) is 0 Å². The molecule has 1 fully saturated rings. The molecule has 4 aromatic rings. The molecule has 0 atom stereocenters. The number of carbonyl (C=O) groups is 2. The van der Waals surface area contributed by atoms with Gasteiger partial charge in [-0.05, 0) is 81.8 Å². The Bertz CT molecular complexity index is 1660. The van der Waals surface area contributed by atoms with Gasteiger partial charge in [0.1, 0.15) is 11.3 Å². The van der Waals surface area contributed by atoms with Crippen molar-refractivity contribution in [3.63, 3.8) is 0 Å². The maximum Gasteiger partial charge on any atom is 0.420 e. The topological polar surface area (TPSA) is 75.4 Å². The molecule has 1 aliphatic rings. The number of benzene rings is 2. The SMILES string of the molecule is O=C(/C=C/c1cccnc1)NCc1cc2cc(-c3ccc(C(=O)N4CCC(F)(F)CC4)cc3I)cc(C(F)(F)F)c2o1. The second kappa shape index (κ2) is 11.8. The van der Waals surface area contributed by atoms with Crippen LogP contribution in [0.15, 0.2) is 71.4 Å². The van der Waals surface area contributed by atoms with E-state index in [1.54, 1.807) is 42.7 Å². The smallest absolute Gasteiger partial charge is 0.420 e. The van der Waals surface area contributed by atoms with Gasteiger partial charge in [0.2, 0.25) is 5.91 Å². The van der Waals surface area contributed by atoms with Crippen LogP contribution < -0.4 is 5.32 Å². The van der Waals surface area contributed by atoms with Gasteiger partial charge in [0, 0.05) is 58.9 Å². The van der Waals surface area contributed by atoms with Crippen LogP contribution in [-0.4, -0.2) is 40.7 Å². The molecule has 1 aliphatic heterocycles. The fraction of sp³-hybridized carbons (Fsp3) is 0.233. The summed E-state index contributed by atoms with van der Waals surface area (Å²) >= 11 is 1.94. The average molecular weight is 695 g/mol. The van der Waals surface area contributed by atoms with Crippen molar-refractivity contribution in [3.8, 4) is 11.1 Å². The number of pyridine rings is 1. The zero-order valence-corrected chi connectivity index (χ0v) is 24.0. The van der Waals surface area contributed by atoms with E-state index in [1.807, 2.05) is 22.6 Å². The van der Waals surface area contributed by atoms with Crippen molar-refractivity contribution in [1.82, 2.24) is 15.2 Å². The van der Waals surface area contributed by atoms with E-state index in [1.165, 1.54) is 29.2 Å². The Kier molecular flexibility index (Phi) is 8.35. The number of alkyl halides is 5. The lowest BCUT2D eigenvalue weighted by molar-refractivity contribution is -0.136. The van der Waals surface area contributed by atoms with Gasteiger partial charge in [0.25, 0.3) is 11.8 Å². The lowest BCUT2D eigenvalue weighted by Crippen LogP contribution is -2.42. The first kappa shape index (κ1) is 29.7. The summed E-state index contributed by atoms with van der Waals surface area (Å²) in [6.45, 7) is -0.270. The summed E-state index contributed by atoms with van der Waals surface area (Å²) in [4.78, 5) is 30.4. The predicted molar refractivity (Wildman–Crippen MR) is 155 cm³/mol. The molecule has 0 radical (unpaired) electrons. The number of aromatic nitrogens is 1. The van der Waals surface area contributed by atoms with Crippen LogP contribution in [0, 0.1) is 3.57 Å². The Labute approximate surface area is 250 Å². The van der Waals surface area contributed by atoms with Gasteiger partial charge in [-0.3, -0.25) is 14.6 Å².